The number of aryl methyl sites for hydroxylation is 1. The van der Waals surface area contributed by atoms with Crippen LogP contribution in [0.15, 0.2) is 48.5 Å². The van der Waals surface area contributed by atoms with E-state index in [2.05, 4.69) is 55.6 Å². The maximum absolute atomic E-state index is 5.70. The van der Waals surface area contributed by atoms with Crippen molar-refractivity contribution >= 4 is 0 Å². The fourth-order valence-corrected chi connectivity index (χ4v) is 2.54. The summed E-state index contributed by atoms with van der Waals surface area (Å²) in [4.78, 5) is 0. The molecule has 2 aromatic carbocycles. The second kappa shape index (κ2) is 7.84. The number of benzene rings is 2. The van der Waals surface area contributed by atoms with Crippen LogP contribution in [0.2, 0.25) is 0 Å². The van der Waals surface area contributed by atoms with Gasteiger partial charge in [0.2, 0.25) is 0 Å². The molecule has 0 aliphatic rings. The number of nitrogens with one attached hydrogen (secondary N) is 1. The molecule has 0 aliphatic carbocycles. The van der Waals surface area contributed by atoms with E-state index in [4.69, 9.17) is 4.74 Å². The standard InChI is InChI=1S/C19H25NO/c1-4-21-19-11-6-5-10-18(19)16(3)20-13-12-17-9-7-8-15(2)14-17/h5-11,14,16,20H,4,12-13H2,1-3H3. The Morgan fingerprint density at radius 2 is 1.90 bits per heavy atom. The minimum Gasteiger partial charge on any atom is -0.494 e. The van der Waals surface area contributed by atoms with Gasteiger partial charge in [-0.15, -0.1) is 0 Å². The lowest BCUT2D eigenvalue weighted by atomic mass is 10.1. The molecule has 2 nitrogen and oxygen atoms in total. The van der Waals surface area contributed by atoms with Crippen LogP contribution in [-0.4, -0.2) is 13.2 Å². The van der Waals surface area contributed by atoms with Crippen LogP contribution >= 0.6 is 0 Å². The van der Waals surface area contributed by atoms with Crippen molar-refractivity contribution in [3.8, 4) is 5.75 Å². The van der Waals surface area contributed by atoms with E-state index >= 15 is 0 Å². The summed E-state index contributed by atoms with van der Waals surface area (Å²) in [6.45, 7) is 8.01. The smallest absolute Gasteiger partial charge is 0.124 e. The Balaban J connectivity index is 1.91. The first-order valence-electron chi connectivity index (χ1n) is 7.71. The fraction of sp³-hybridized carbons (Fsp3) is 0.368. The summed E-state index contributed by atoms with van der Waals surface area (Å²) in [7, 11) is 0. The molecule has 0 spiro atoms. The highest BCUT2D eigenvalue weighted by atomic mass is 16.5. The molecule has 1 unspecified atom stereocenters. The summed E-state index contributed by atoms with van der Waals surface area (Å²) in [6, 6.07) is 17.2. The predicted molar refractivity (Wildman–Crippen MR) is 88.9 cm³/mol. The molecule has 0 aromatic heterocycles. The Labute approximate surface area is 128 Å². The second-order valence-corrected chi connectivity index (χ2v) is 5.39. The minimum absolute atomic E-state index is 0.289. The molecule has 0 heterocycles. The molecule has 1 N–H and O–H groups in total. The van der Waals surface area contributed by atoms with Gasteiger partial charge in [-0.2, -0.15) is 0 Å². The molecule has 0 saturated carbocycles. The Morgan fingerprint density at radius 3 is 2.67 bits per heavy atom. The maximum atomic E-state index is 5.70. The Hall–Kier alpha value is -1.80. The van der Waals surface area contributed by atoms with Gasteiger partial charge in [0.15, 0.2) is 0 Å². The zero-order chi connectivity index (χ0) is 15.1. The molecule has 112 valence electrons. The molecule has 2 rings (SSSR count). The van der Waals surface area contributed by atoms with Crippen LogP contribution in [0.5, 0.6) is 5.75 Å². The van der Waals surface area contributed by atoms with Gasteiger partial charge < -0.3 is 10.1 Å². The van der Waals surface area contributed by atoms with Crippen LogP contribution in [0.25, 0.3) is 0 Å². The summed E-state index contributed by atoms with van der Waals surface area (Å²) in [5, 5.41) is 3.59. The summed E-state index contributed by atoms with van der Waals surface area (Å²) in [6.07, 6.45) is 1.04. The molecule has 0 bridgehead atoms. The van der Waals surface area contributed by atoms with E-state index in [0.29, 0.717) is 6.61 Å². The van der Waals surface area contributed by atoms with Crippen LogP contribution in [0.1, 0.15) is 36.6 Å². The summed E-state index contributed by atoms with van der Waals surface area (Å²) in [5.74, 6) is 0.982. The van der Waals surface area contributed by atoms with Crippen molar-refractivity contribution in [1.29, 1.82) is 0 Å². The van der Waals surface area contributed by atoms with Crippen LogP contribution in [0.4, 0.5) is 0 Å². The maximum Gasteiger partial charge on any atom is 0.124 e. The lowest BCUT2D eigenvalue weighted by Crippen LogP contribution is -2.22. The van der Waals surface area contributed by atoms with Gasteiger partial charge in [0.25, 0.3) is 0 Å². The Bertz CT molecular complexity index is 565. The second-order valence-electron chi connectivity index (χ2n) is 5.39. The van der Waals surface area contributed by atoms with E-state index in [9.17, 15) is 0 Å². The first-order valence-corrected chi connectivity index (χ1v) is 7.71. The molecule has 2 aromatic rings. The van der Waals surface area contributed by atoms with E-state index in [0.717, 1.165) is 18.7 Å². The van der Waals surface area contributed by atoms with Crippen LogP contribution in [0.3, 0.4) is 0 Å². The highest BCUT2D eigenvalue weighted by Gasteiger charge is 2.10. The third-order valence-electron chi connectivity index (χ3n) is 3.63. The molecule has 1 atom stereocenters. The molecule has 2 heteroatoms. The van der Waals surface area contributed by atoms with Gasteiger partial charge >= 0.3 is 0 Å². The first-order chi connectivity index (χ1) is 10.2. The quantitative estimate of drug-likeness (QED) is 0.818. The van der Waals surface area contributed by atoms with Crippen molar-refractivity contribution in [2.24, 2.45) is 0 Å². The van der Waals surface area contributed by atoms with Gasteiger partial charge in [-0.3, -0.25) is 0 Å². The van der Waals surface area contributed by atoms with Gasteiger partial charge in [0, 0.05) is 11.6 Å². The van der Waals surface area contributed by atoms with E-state index < -0.39 is 0 Å². The van der Waals surface area contributed by atoms with Gasteiger partial charge in [0.05, 0.1) is 6.61 Å². The predicted octanol–water partition coefficient (Wildman–Crippen LogP) is 4.29. The van der Waals surface area contributed by atoms with Gasteiger partial charge in [-0.25, -0.2) is 0 Å². The molecular weight excluding hydrogens is 258 g/mol. The van der Waals surface area contributed by atoms with Crippen molar-refractivity contribution in [3.63, 3.8) is 0 Å². The van der Waals surface area contributed by atoms with Crippen molar-refractivity contribution < 1.29 is 4.74 Å². The van der Waals surface area contributed by atoms with Crippen molar-refractivity contribution in [3.05, 3.63) is 65.2 Å². The van der Waals surface area contributed by atoms with Gasteiger partial charge in [-0.1, -0.05) is 48.0 Å². The first kappa shape index (κ1) is 15.6. The molecular formula is C19H25NO. The van der Waals surface area contributed by atoms with Crippen molar-refractivity contribution in [1.82, 2.24) is 5.32 Å². The average molecular weight is 283 g/mol. The molecule has 0 aliphatic heterocycles. The highest BCUT2D eigenvalue weighted by molar-refractivity contribution is 5.35. The molecule has 0 fully saturated rings. The Morgan fingerprint density at radius 1 is 1.10 bits per heavy atom. The van der Waals surface area contributed by atoms with Crippen LogP contribution in [-0.2, 0) is 6.42 Å². The minimum atomic E-state index is 0.289. The molecule has 0 saturated heterocycles. The van der Waals surface area contributed by atoms with Crippen molar-refractivity contribution in [2.45, 2.75) is 33.2 Å². The highest BCUT2D eigenvalue weighted by Crippen LogP contribution is 2.24. The number of hydrogen-bond acceptors (Lipinski definition) is 2. The number of ether oxygens (including phenoxy) is 1. The molecule has 0 radical (unpaired) electrons. The normalized spacial score (nSPS) is 12.1. The van der Waals surface area contributed by atoms with Crippen LogP contribution in [0, 0.1) is 6.92 Å². The van der Waals surface area contributed by atoms with E-state index in [1.165, 1.54) is 16.7 Å². The number of rotatable bonds is 7. The third-order valence-corrected chi connectivity index (χ3v) is 3.63. The van der Waals surface area contributed by atoms with Crippen molar-refractivity contribution in [2.75, 3.05) is 13.2 Å². The van der Waals surface area contributed by atoms with E-state index in [1.807, 2.05) is 19.1 Å². The largest absolute Gasteiger partial charge is 0.494 e. The Kier molecular flexibility index (Phi) is 5.82. The molecule has 0 amide bonds. The lowest BCUT2D eigenvalue weighted by Gasteiger charge is -2.18. The number of para-hydroxylation sites is 1. The third kappa shape index (κ3) is 4.61. The summed E-state index contributed by atoms with van der Waals surface area (Å²) >= 11 is 0. The average Bonchev–Trinajstić information content (AvgIpc) is 2.48. The summed E-state index contributed by atoms with van der Waals surface area (Å²) < 4.78 is 5.70. The van der Waals surface area contributed by atoms with Crippen LogP contribution < -0.4 is 10.1 Å². The SMILES string of the molecule is CCOc1ccccc1C(C)NCCc1cccc(C)c1. The summed E-state index contributed by atoms with van der Waals surface area (Å²) in [5.41, 5.74) is 3.93. The topological polar surface area (TPSA) is 21.3 Å². The molecule has 21 heavy (non-hydrogen) atoms. The van der Waals surface area contributed by atoms with Gasteiger partial charge in [0.1, 0.15) is 5.75 Å². The van der Waals surface area contributed by atoms with E-state index in [-0.39, 0.29) is 6.04 Å². The zero-order valence-corrected chi connectivity index (χ0v) is 13.2. The number of hydrogen-bond donors (Lipinski definition) is 1. The lowest BCUT2D eigenvalue weighted by molar-refractivity contribution is 0.332. The van der Waals surface area contributed by atoms with E-state index in [1.54, 1.807) is 0 Å². The fourth-order valence-electron chi connectivity index (χ4n) is 2.54. The monoisotopic (exact) mass is 283 g/mol. The van der Waals surface area contributed by atoms with Gasteiger partial charge in [-0.05, 0) is 45.4 Å². The zero-order valence-electron chi connectivity index (χ0n) is 13.2.